The van der Waals surface area contributed by atoms with Gasteiger partial charge in [0.1, 0.15) is 11.6 Å². The minimum Gasteiger partial charge on any atom is -0.370 e. The molecule has 0 spiro atoms. The number of pyridine rings is 1. The topological polar surface area (TPSA) is 95.2 Å². The Hall–Kier alpha value is -3.42. The van der Waals surface area contributed by atoms with Crippen molar-refractivity contribution in [3.05, 3.63) is 72.7 Å². The molecule has 2 heterocycles. The van der Waals surface area contributed by atoms with E-state index < -0.39 is 0 Å². The fourth-order valence-electron chi connectivity index (χ4n) is 2.75. The Bertz CT molecular complexity index is 848. The molecule has 0 radical (unpaired) electrons. The number of nitrogens with zero attached hydrogens (tertiary/aromatic N) is 4. The molecular weight excluding hydrogens is 357 g/mol. The molecule has 0 aliphatic carbocycles. The van der Waals surface area contributed by atoms with E-state index in [1.807, 2.05) is 29.3 Å². The number of aryl methyl sites for hydroxylation is 1. The fourth-order valence-corrected chi connectivity index (χ4v) is 2.75. The second kappa shape index (κ2) is 10.1. The average molecular weight is 381 g/mol. The summed E-state index contributed by atoms with van der Waals surface area (Å²) in [6.07, 6.45) is 7.02. The number of rotatable bonds is 9. The molecule has 0 saturated heterocycles. The zero-order chi connectivity index (χ0) is 19.6. The standard InChI is InChI=1S/C20H24FN7/c21-16-6-8-18(9-7-16)28(19-5-1-2-10-24-19)13-12-26-20(22)25-11-3-4-17-14-23-15-27-17/h1-2,5-10,14-15H,3-4,11-13H2,(H,23,27)(H3,22,25,26). The third kappa shape index (κ3) is 5.80. The number of aromatic nitrogens is 3. The highest BCUT2D eigenvalue weighted by atomic mass is 19.1. The van der Waals surface area contributed by atoms with Crippen molar-refractivity contribution in [3.8, 4) is 0 Å². The monoisotopic (exact) mass is 381 g/mol. The number of H-pyrrole nitrogens is 1. The largest absolute Gasteiger partial charge is 0.370 e. The van der Waals surface area contributed by atoms with Gasteiger partial charge in [-0.2, -0.15) is 0 Å². The number of benzene rings is 1. The van der Waals surface area contributed by atoms with Crippen molar-refractivity contribution in [2.45, 2.75) is 12.8 Å². The number of nitrogens with two attached hydrogens (primary N) is 1. The molecule has 4 N–H and O–H groups in total. The molecular formula is C20H24FN7. The van der Waals surface area contributed by atoms with Crippen molar-refractivity contribution in [2.75, 3.05) is 24.5 Å². The summed E-state index contributed by atoms with van der Waals surface area (Å²) in [5, 5.41) is 3.12. The molecule has 0 amide bonds. The minimum atomic E-state index is -0.269. The lowest BCUT2D eigenvalue weighted by Crippen LogP contribution is -2.37. The summed E-state index contributed by atoms with van der Waals surface area (Å²) in [6, 6.07) is 12.0. The van der Waals surface area contributed by atoms with E-state index in [9.17, 15) is 4.39 Å². The van der Waals surface area contributed by atoms with Crippen molar-refractivity contribution < 1.29 is 4.39 Å². The summed E-state index contributed by atoms with van der Waals surface area (Å²) in [5.41, 5.74) is 7.83. The molecule has 0 saturated carbocycles. The van der Waals surface area contributed by atoms with E-state index in [-0.39, 0.29) is 5.82 Å². The number of guanidine groups is 1. The minimum absolute atomic E-state index is 0.269. The van der Waals surface area contributed by atoms with Gasteiger partial charge >= 0.3 is 0 Å². The number of anilines is 2. The van der Waals surface area contributed by atoms with Gasteiger partial charge < -0.3 is 20.9 Å². The van der Waals surface area contributed by atoms with Crippen LogP contribution in [0.4, 0.5) is 15.9 Å². The van der Waals surface area contributed by atoms with Crippen LogP contribution >= 0.6 is 0 Å². The lowest BCUT2D eigenvalue weighted by atomic mass is 10.2. The van der Waals surface area contributed by atoms with Gasteiger partial charge in [-0.15, -0.1) is 0 Å². The van der Waals surface area contributed by atoms with Crippen LogP contribution in [0.25, 0.3) is 0 Å². The summed E-state index contributed by atoms with van der Waals surface area (Å²) in [7, 11) is 0. The predicted octanol–water partition coefficient (Wildman–Crippen LogP) is 2.62. The van der Waals surface area contributed by atoms with Crippen LogP contribution in [0.15, 0.2) is 66.2 Å². The van der Waals surface area contributed by atoms with Crippen molar-refractivity contribution in [3.63, 3.8) is 0 Å². The van der Waals surface area contributed by atoms with Crippen molar-refractivity contribution in [1.29, 1.82) is 0 Å². The lowest BCUT2D eigenvalue weighted by molar-refractivity contribution is 0.627. The summed E-state index contributed by atoms with van der Waals surface area (Å²) >= 11 is 0. The molecule has 0 fully saturated rings. The first kappa shape index (κ1) is 19.3. The maximum Gasteiger partial charge on any atom is 0.188 e. The van der Waals surface area contributed by atoms with Gasteiger partial charge in [0, 0.05) is 37.7 Å². The van der Waals surface area contributed by atoms with Gasteiger partial charge in [-0.3, -0.25) is 4.99 Å². The molecule has 1 aromatic carbocycles. The first-order valence-electron chi connectivity index (χ1n) is 9.18. The first-order chi connectivity index (χ1) is 13.7. The Balaban J connectivity index is 1.51. The van der Waals surface area contributed by atoms with Crippen LogP contribution in [0.3, 0.4) is 0 Å². The summed E-state index contributed by atoms with van der Waals surface area (Å²) in [6.45, 7) is 1.81. The molecule has 0 bridgehead atoms. The Morgan fingerprint density at radius 1 is 1.18 bits per heavy atom. The maximum atomic E-state index is 13.3. The fraction of sp³-hybridized carbons (Fsp3) is 0.250. The van der Waals surface area contributed by atoms with Gasteiger partial charge in [0.25, 0.3) is 0 Å². The molecule has 0 aliphatic rings. The molecule has 28 heavy (non-hydrogen) atoms. The number of aliphatic imine (C=N–C) groups is 1. The van der Waals surface area contributed by atoms with Crippen LogP contribution in [-0.4, -0.2) is 40.5 Å². The zero-order valence-corrected chi connectivity index (χ0v) is 15.6. The van der Waals surface area contributed by atoms with Gasteiger partial charge in [-0.1, -0.05) is 6.07 Å². The quantitative estimate of drug-likeness (QED) is 0.301. The number of aromatic amines is 1. The first-order valence-corrected chi connectivity index (χ1v) is 9.18. The SMILES string of the molecule is NC(=NCCCc1c[nH]cn1)NCCN(c1ccc(F)cc1)c1ccccn1. The average Bonchev–Trinajstić information content (AvgIpc) is 3.24. The zero-order valence-electron chi connectivity index (χ0n) is 15.6. The van der Waals surface area contributed by atoms with Crippen LogP contribution in [0, 0.1) is 5.82 Å². The predicted molar refractivity (Wildman–Crippen MR) is 109 cm³/mol. The maximum absolute atomic E-state index is 13.3. The van der Waals surface area contributed by atoms with Crippen molar-refractivity contribution >= 4 is 17.5 Å². The molecule has 0 unspecified atom stereocenters. The molecule has 0 aliphatic heterocycles. The Labute approximate surface area is 163 Å². The van der Waals surface area contributed by atoms with Crippen LogP contribution in [0.5, 0.6) is 0 Å². The number of halogens is 1. The van der Waals surface area contributed by atoms with Gasteiger partial charge in [-0.25, -0.2) is 14.4 Å². The summed E-state index contributed by atoms with van der Waals surface area (Å²) in [5.74, 6) is 0.918. The van der Waals surface area contributed by atoms with Gasteiger partial charge in [0.2, 0.25) is 0 Å². The van der Waals surface area contributed by atoms with E-state index in [4.69, 9.17) is 5.73 Å². The van der Waals surface area contributed by atoms with Gasteiger partial charge in [0.15, 0.2) is 5.96 Å². The van der Waals surface area contributed by atoms with E-state index in [1.54, 1.807) is 24.7 Å². The smallest absolute Gasteiger partial charge is 0.188 e. The molecule has 3 rings (SSSR count). The third-order valence-electron chi connectivity index (χ3n) is 4.13. The van der Waals surface area contributed by atoms with Crippen LogP contribution in [-0.2, 0) is 6.42 Å². The lowest BCUT2D eigenvalue weighted by Gasteiger charge is -2.24. The molecule has 7 nitrogen and oxygen atoms in total. The van der Waals surface area contributed by atoms with Crippen LogP contribution < -0.4 is 16.0 Å². The van der Waals surface area contributed by atoms with E-state index >= 15 is 0 Å². The normalized spacial score (nSPS) is 11.4. The van der Waals surface area contributed by atoms with Crippen LogP contribution in [0.1, 0.15) is 12.1 Å². The van der Waals surface area contributed by atoms with Gasteiger partial charge in [0.05, 0.1) is 12.0 Å². The van der Waals surface area contributed by atoms with Gasteiger partial charge in [-0.05, 0) is 49.2 Å². The Kier molecular flexibility index (Phi) is 6.95. The Morgan fingerprint density at radius 2 is 2.04 bits per heavy atom. The summed E-state index contributed by atoms with van der Waals surface area (Å²) in [4.78, 5) is 17.8. The second-order valence-corrected chi connectivity index (χ2v) is 6.17. The molecule has 8 heteroatoms. The number of hydrogen-bond acceptors (Lipinski definition) is 4. The molecule has 3 aromatic rings. The molecule has 2 aromatic heterocycles. The number of nitrogens with one attached hydrogen (secondary N) is 2. The highest BCUT2D eigenvalue weighted by Gasteiger charge is 2.10. The van der Waals surface area contributed by atoms with E-state index in [0.717, 1.165) is 30.0 Å². The van der Waals surface area contributed by atoms with Crippen molar-refractivity contribution in [2.24, 2.45) is 10.7 Å². The Morgan fingerprint density at radius 3 is 2.75 bits per heavy atom. The second-order valence-electron chi connectivity index (χ2n) is 6.17. The summed E-state index contributed by atoms with van der Waals surface area (Å²) < 4.78 is 13.3. The third-order valence-corrected chi connectivity index (χ3v) is 4.13. The molecule has 0 atom stereocenters. The number of imidazole rings is 1. The van der Waals surface area contributed by atoms with E-state index in [0.29, 0.717) is 25.6 Å². The van der Waals surface area contributed by atoms with E-state index in [2.05, 4.69) is 25.3 Å². The van der Waals surface area contributed by atoms with Crippen molar-refractivity contribution in [1.82, 2.24) is 20.3 Å². The number of hydrogen-bond donors (Lipinski definition) is 3. The van der Waals surface area contributed by atoms with Crippen LogP contribution in [0.2, 0.25) is 0 Å². The highest BCUT2D eigenvalue weighted by molar-refractivity contribution is 5.77. The molecule has 146 valence electrons. The highest BCUT2D eigenvalue weighted by Crippen LogP contribution is 2.22. The van der Waals surface area contributed by atoms with E-state index in [1.165, 1.54) is 12.1 Å².